The number of imidazole rings is 1. The van der Waals surface area contributed by atoms with Crippen molar-refractivity contribution in [3.63, 3.8) is 0 Å². The number of fused-ring (bicyclic) bond motifs is 2. The first-order valence-electron chi connectivity index (χ1n) is 11.0. The predicted octanol–water partition coefficient (Wildman–Crippen LogP) is 3.09. The minimum Gasteiger partial charge on any atom is -0.348 e. The number of hydrogen-bond acceptors (Lipinski definition) is 3. The Hall–Kier alpha value is -2.63. The summed E-state index contributed by atoms with van der Waals surface area (Å²) in [7, 11) is 0. The van der Waals surface area contributed by atoms with Crippen LogP contribution in [-0.4, -0.2) is 38.9 Å². The van der Waals surface area contributed by atoms with E-state index in [1.807, 2.05) is 15.5 Å². The van der Waals surface area contributed by atoms with E-state index in [2.05, 4.69) is 28.5 Å². The lowest BCUT2D eigenvalue weighted by molar-refractivity contribution is 0.0716. The molecule has 2 aliphatic heterocycles. The van der Waals surface area contributed by atoms with Gasteiger partial charge < -0.3 is 14.8 Å². The molecule has 0 radical (unpaired) electrons. The van der Waals surface area contributed by atoms with E-state index in [0.29, 0.717) is 24.6 Å². The first-order valence-corrected chi connectivity index (χ1v) is 11.0. The first-order chi connectivity index (χ1) is 14.2. The molecule has 1 aliphatic carbocycles. The molecule has 0 saturated heterocycles. The van der Waals surface area contributed by atoms with Gasteiger partial charge in [0.05, 0.1) is 5.69 Å². The van der Waals surface area contributed by atoms with Gasteiger partial charge in [0.1, 0.15) is 5.69 Å². The number of hydrogen-bond donors (Lipinski definition) is 1. The van der Waals surface area contributed by atoms with Crippen molar-refractivity contribution in [1.29, 1.82) is 0 Å². The molecule has 0 unspecified atom stereocenters. The van der Waals surface area contributed by atoms with Gasteiger partial charge in [-0.05, 0) is 49.7 Å². The molecule has 29 heavy (non-hydrogen) atoms. The molecule has 0 bridgehead atoms. The second-order valence-electron chi connectivity index (χ2n) is 8.54. The Morgan fingerprint density at radius 2 is 1.76 bits per heavy atom. The van der Waals surface area contributed by atoms with Crippen LogP contribution in [-0.2, 0) is 25.9 Å². The van der Waals surface area contributed by atoms with E-state index < -0.39 is 0 Å². The monoisotopic (exact) mass is 392 g/mol. The van der Waals surface area contributed by atoms with Crippen LogP contribution in [0.15, 0.2) is 24.3 Å². The molecule has 1 aromatic carbocycles. The lowest BCUT2D eigenvalue weighted by atomic mass is 10.00. The summed E-state index contributed by atoms with van der Waals surface area (Å²) >= 11 is 0. The van der Waals surface area contributed by atoms with Gasteiger partial charge >= 0.3 is 0 Å². The summed E-state index contributed by atoms with van der Waals surface area (Å²) in [6.07, 6.45) is 8.18. The largest absolute Gasteiger partial charge is 0.348 e. The van der Waals surface area contributed by atoms with Crippen LogP contribution in [0.2, 0.25) is 0 Å². The van der Waals surface area contributed by atoms with Crippen LogP contribution in [0.1, 0.15) is 76.5 Å². The summed E-state index contributed by atoms with van der Waals surface area (Å²) in [4.78, 5) is 32.8. The van der Waals surface area contributed by atoms with Gasteiger partial charge in [-0.15, -0.1) is 0 Å². The number of rotatable bonds is 3. The molecule has 1 N–H and O–H groups in total. The van der Waals surface area contributed by atoms with E-state index in [9.17, 15) is 9.59 Å². The van der Waals surface area contributed by atoms with Crippen molar-refractivity contribution < 1.29 is 9.59 Å². The van der Waals surface area contributed by atoms with Crippen LogP contribution in [0.5, 0.6) is 0 Å². The van der Waals surface area contributed by atoms with Gasteiger partial charge in [-0.25, -0.2) is 4.98 Å². The highest BCUT2D eigenvalue weighted by atomic mass is 16.2. The van der Waals surface area contributed by atoms with E-state index in [1.54, 1.807) is 0 Å². The molecule has 0 spiro atoms. The lowest BCUT2D eigenvalue weighted by Gasteiger charge is -2.29. The quantitative estimate of drug-likeness (QED) is 0.873. The number of nitrogens with zero attached hydrogens (tertiary/aromatic N) is 3. The highest BCUT2D eigenvalue weighted by molar-refractivity contribution is 5.97. The molecule has 6 nitrogen and oxygen atoms in total. The Morgan fingerprint density at radius 1 is 0.966 bits per heavy atom. The van der Waals surface area contributed by atoms with Crippen LogP contribution in [0, 0.1) is 0 Å². The van der Waals surface area contributed by atoms with Gasteiger partial charge in [-0.3, -0.25) is 9.59 Å². The molecule has 2 aromatic rings. The zero-order valence-electron chi connectivity index (χ0n) is 16.8. The highest BCUT2D eigenvalue weighted by Crippen LogP contribution is 2.25. The molecule has 1 aromatic heterocycles. The summed E-state index contributed by atoms with van der Waals surface area (Å²) in [6, 6.07) is 8.56. The standard InChI is InChI=1S/C23H28N4O2/c28-22(24-18-9-3-4-10-18)20-19-11-5-6-13-27(19)21(25-20)23(29)26-14-12-16-7-1-2-8-17(16)15-26/h1-2,7-8,18H,3-6,9-15H2,(H,24,28). The number of carbonyl (C=O) groups is 2. The fourth-order valence-electron chi connectivity index (χ4n) is 5.02. The number of nitrogens with one attached hydrogen (secondary N) is 1. The van der Waals surface area contributed by atoms with Crippen LogP contribution in [0.25, 0.3) is 0 Å². The second-order valence-corrected chi connectivity index (χ2v) is 8.54. The Bertz CT molecular complexity index is 942. The third-order valence-electron chi connectivity index (χ3n) is 6.63. The van der Waals surface area contributed by atoms with Crippen molar-refractivity contribution in [3.05, 3.63) is 52.6 Å². The molecule has 2 amide bonds. The van der Waals surface area contributed by atoms with Gasteiger partial charge in [0, 0.05) is 25.7 Å². The number of aromatic nitrogens is 2. The van der Waals surface area contributed by atoms with Crippen molar-refractivity contribution in [3.8, 4) is 0 Å². The average molecular weight is 393 g/mol. The Kier molecular flexibility index (Phi) is 4.86. The van der Waals surface area contributed by atoms with Crippen molar-refractivity contribution in [2.45, 2.75) is 70.5 Å². The molecular weight excluding hydrogens is 364 g/mol. The molecule has 152 valence electrons. The van der Waals surface area contributed by atoms with Crippen molar-refractivity contribution >= 4 is 11.8 Å². The van der Waals surface area contributed by atoms with Crippen molar-refractivity contribution in [2.24, 2.45) is 0 Å². The maximum atomic E-state index is 13.4. The Morgan fingerprint density at radius 3 is 2.59 bits per heavy atom. The van der Waals surface area contributed by atoms with Crippen LogP contribution >= 0.6 is 0 Å². The highest BCUT2D eigenvalue weighted by Gasteiger charge is 2.32. The Labute approximate surface area is 171 Å². The molecule has 1 saturated carbocycles. The number of amides is 2. The van der Waals surface area contributed by atoms with Crippen molar-refractivity contribution in [1.82, 2.24) is 19.8 Å². The summed E-state index contributed by atoms with van der Waals surface area (Å²) in [5.74, 6) is 0.281. The fraction of sp³-hybridized carbons (Fsp3) is 0.522. The topological polar surface area (TPSA) is 67.2 Å². The number of carbonyl (C=O) groups excluding carboxylic acids is 2. The zero-order valence-corrected chi connectivity index (χ0v) is 16.8. The first kappa shape index (κ1) is 18.4. The van der Waals surface area contributed by atoms with Crippen LogP contribution < -0.4 is 5.32 Å². The summed E-state index contributed by atoms with van der Waals surface area (Å²) < 4.78 is 2.01. The van der Waals surface area contributed by atoms with Crippen molar-refractivity contribution in [2.75, 3.05) is 6.54 Å². The van der Waals surface area contributed by atoms with Crippen LogP contribution in [0.4, 0.5) is 0 Å². The summed E-state index contributed by atoms with van der Waals surface area (Å²) in [6.45, 7) is 2.08. The molecule has 1 fully saturated rings. The fourth-order valence-corrected chi connectivity index (χ4v) is 5.02. The lowest BCUT2D eigenvalue weighted by Crippen LogP contribution is -2.37. The van der Waals surface area contributed by atoms with E-state index in [-0.39, 0.29) is 17.9 Å². The van der Waals surface area contributed by atoms with E-state index in [1.165, 1.54) is 24.0 Å². The van der Waals surface area contributed by atoms with Gasteiger partial charge in [0.2, 0.25) is 0 Å². The van der Waals surface area contributed by atoms with E-state index >= 15 is 0 Å². The average Bonchev–Trinajstić information content (AvgIpc) is 3.40. The van der Waals surface area contributed by atoms with E-state index in [4.69, 9.17) is 0 Å². The van der Waals surface area contributed by atoms with Gasteiger partial charge in [0.15, 0.2) is 5.82 Å². The SMILES string of the molecule is O=C(NC1CCCC1)c1nc(C(=O)N2CCc3ccccc3C2)n2c1CCCC2. The third-order valence-corrected chi connectivity index (χ3v) is 6.63. The predicted molar refractivity (Wildman–Crippen MR) is 110 cm³/mol. The minimum absolute atomic E-state index is 0.0532. The molecule has 3 heterocycles. The zero-order chi connectivity index (χ0) is 19.8. The smallest absolute Gasteiger partial charge is 0.290 e. The summed E-state index contributed by atoms with van der Waals surface area (Å²) in [5.41, 5.74) is 3.93. The summed E-state index contributed by atoms with van der Waals surface area (Å²) in [5, 5.41) is 3.15. The normalized spacial score (nSPS) is 19.0. The van der Waals surface area contributed by atoms with Crippen LogP contribution in [0.3, 0.4) is 0 Å². The molecule has 0 atom stereocenters. The minimum atomic E-state index is -0.106. The van der Waals surface area contributed by atoms with Gasteiger partial charge in [-0.1, -0.05) is 37.1 Å². The Balaban J connectivity index is 1.42. The molecule has 6 heteroatoms. The molecule has 5 rings (SSSR count). The number of benzene rings is 1. The maximum Gasteiger partial charge on any atom is 0.290 e. The van der Waals surface area contributed by atoms with E-state index in [0.717, 1.165) is 50.8 Å². The third kappa shape index (κ3) is 3.45. The molecular formula is C23H28N4O2. The molecule has 3 aliphatic rings. The maximum absolute atomic E-state index is 13.4. The van der Waals surface area contributed by atoms with Gasteiger partial charge in [-0.2, -0.15) is 0 Å². The van der Waals surface area contributed by atoms with Gasteiger partial charge in [0.25, 0.3) is 11.8 Å². The second kappa shape index (κ2) is 7.65.